The predicted octanol–water partition coefficient (Wildman–Crippen LogP) is 2.26. The Hall–Kier alpha value is -1.71. The Bertz CT molecular complexity index is 460. The zero-order valence-corrected chi connectivity index (χ0v) is 9.03. The maximum Gasteiger partial charge on any atom is 0.298 e. The molecule has 0 radical (unpaired) electrons. The Morgan fingerprint density at radius 1 is 1.33 bits per heavy atom. The Morgan fingerprint density at radius 2 is 2.07 bits per heavy atom. The van der Waals surface area contributed by atoms with Crippen molar-refractivity contribution >= 4 is 22.8 Å². The van der Waals surface area contributed by atoms with Gasteiger partial charge in [0.05, 0.1) is 0 Å². The normalized spacial score (nSPS) is 10.8. The quantitative estimate of drug-likeness (QED) is 0.781. The maximum absolute atomic E-state index is 5.68. The number of fused-ring (bicyclic) bond motifs is 1. The number of oxazole rings is 1. The second kappa shape index (κ2) is 3.81. The highest BCUT2D eigenvalue weighted by atomic mass is 16.4. The highest BCUT2D eigenvalue weighted by Gasteiger charge is 2.10. The van der Waals surface area contributed by atoms with Crippen LogP contribution < -0.4 is 10.6 Å². The molecule has 0 fully saturated rings. The molecule has 0 atom stereocenters. The summed E-state index contributed by atoms with van der Waals surface area (Å²) in [5.74, 6) is 0. The molecule has 1 heterocycles. The number of nitrogens with two attached hydrogens (primary N) is 1. The van der Waals surface area contributed by atoms with E-state index >= 15 is 0 Å². The van der Waals surface area contributed by atoms with Crippen molar-refractivity contribution in [3.05, 3.63) is 18.2 Å². The van der Waals surface area contributed by atoms with E-state index in [0.29, 0.717) is 11.7 Å². The molecule has 0 aliphatic rings. The van der Waals surface area contributed by atoms with Crippen LogP contribution in [0.3, 0.4) is 0 Å². The molecule has 1 aromatic carbocycles. The van der Waals surface area contributed by atoms with Gasteiger partial charge in [0, 0.05) is 18.8 Å². The van der Waals surface area contributed by atoms with Gasteiger partial charge in [0.25, 0.3) is 6.01 Å². The minimum Gasteiger partial charge on any atom is -0.423 e. The Balaban J connectivity index is 2.46. The number of hydrogen-bond donors (Lipinski definition) is 1. The smallest absolute Gasteiger partial charge is 0.298 e. The topological polar surface area (TPSA) is 55.3 Å². The fourth-order valence-electron chi connectivity index (χ4n) is 1.56. The first-order valence-corrected chi connectivity index (χ1v) is 5.15. The predicted molar refractivity (Wildman–Crippen MR) is 62.0 cm³/mol. The van der Waals surface area contributed by atoms with Crippen molar-refractivity contribution < 1.29 is 4.42 Å². The Morgan fingerprint density at radius 3 is 2.73 bits per heavy atom. The lowest BCUT2D eigenvalue weighted by atomic mass is 10.3. The summed E-state index contributed by atoms with van der Waals surface area (Å²) in [4.78, 5) is 6.46. The van der Waals surface area contributed by atoms with Crippen molar-refractivity contribution in [1.29, 1.82) is 0 Å². The Labute approximate surface area is 88.7 Å². The van der Waals surface area contributed by atoms with E-state index in [1.54, 1.807) is 0 Å². The number of nitrogens with zero attached hydrogens (tertiary/aromatic N) is 2. The van der Waals surface area contributed by atoms with Crippen LogP contribution in [0.2, 0.25) is 0 Å². The van der Waals surface area contributed by atoms with Crippen molar-refractivity contribution in [1.82, 2.24) is 4.98 Å². The van der Waals surface area contributed by atoms with Crippen LogP contribution >= 0.6 is 0 Å². The number of nitrogen functional groups attached to an aromatic ring is 1. The summed E-state index contributed by atoms with van der Waals surface area (Å²) in [7, 11) is 0. The van der Waals surface area contributed by atoms with Crippen LogP contribution in [-0.2, 0) is 0 Å². The molecule has 80 valence electrons. The zero-order valence-electron chi connectivity index (χ0n) is 9.03. The van der Waals surface area contributed by atoms with Gasteiger partial charge >= 0.3 is 0 Å². The Kier molecular flexibility index (Phi) is 2.49. The lowest BCUT2D eigenvalue weighted by Crippen LogP contribution is -2.21. The minimum absolute atomic E-state index is 0.667. The molecule has 0 unspecified atom stereocenters. The van der Waals surface area contributed by atoms with E-state index in [-0.39, 0.29) is 0 Å². The van der Waals surface area contributed by atoms with Gasteiger partial charge in [-0.15, -0.1) is 0 Å². The van der Waals surface area contributed by atoms with Gasteiger partial charge in [-0.1, -0.05) is 0 Å². The molecule has 0 aliphatic heterocycles. The maximum atomic E-state index is 5.68. The molecule has 4 heteroatoms. The van der Waals surface area contributed by atoms with Crippen molar-refractivity contribution in [3.8, 4) is 0 Å². The first kappa shape index (κ1) is 9.83. The van der Waals surface area contributed by atoms with Crippen LogP contribution in [-0.4, -0.2) is 18.1 Å². The van der Waals surface area contributed by atoms with E-state index in [4.69, 9.17) is 10.2 Å². The van der Waals surface area contributed by atoms with Gasteiger partial charge in [0.1, 0.15) is 5.52 Å². The van der Waals surface area contributed by atoms with Crippen molar-refractivity contribution in [2.24, 2.45) is 0 Å². The van der Waals surface area contributed by atoms with E-state index in [0.717, 1.165) is 24.2 Å². The van der Waals surface area contributed by atoms with Crippen LogP contribution in [0.4, 0.5) is 11.7 Å². The first-order chi connectivity index (χ1) is 7.24. The van der Waals surface area contributed by atoms with Gasteiger partial charge in [-0.3, -0.25) is 0 Å². The lowest BCUT2D eigenvalue weighted by molar-refractivity contribution is 0.576. The molecule has 2 N–H and O–H groups in total. The van der Waals surface area contributed by atoms with Crippen LogP contribution in [0.1, 0.15) is 13.8 Å². The molecule has 15 heavy (non-hydrogen) atoms. The molecular weight excluding hydrogens is 190 g/mol. The van der Waals surface area contributed by atoms with Crippen LogP contribution in [0.5, 0.6) is 0 Å². The van der Waals surface area contributed by atoms with Gasteiger partial charge < -0.3 is 15.1 Å². The fourth-order valence-corrected chi connectivity index (χ4v) is 1.56. The summed E-state index contributed by atoms with van der Waals surface area (Å²) in [5, 5.41) is 0. The molecule has 1 aromatic heterocycles. The zero-order chi connectivity index (χ0) is 10.8. The van der Waals surface area contributed by atoms with E-state index in [9.17, 15) is 0 Å². The van der Waals surface area contributed by atoms with Crippen molar-refractivity contribution in [2.45, 2.75) is 13.8 Å². The molecule has 0 bridgehead atoms. The standard InChI is InChI=1S/C11H15N3O/c1-3-14(4-2)11-13-9-7-8(12)5-6-10(9)15-11/h5-7H,3-4,12H2,1-2H3. The van der Waals surface area contributed by atoms with Gasteiger partial charge in [-0.25, -0.2) is 0 Å². The molecule has 0 aliphatic carbocycles. The summed E-state index contributed by atoms with van der Waals surface area (Å²) >= 11 is 0. The number of aromatic nitrogens is 1. The fraction of sp³-hybridized carbons (Fsp3) is 0.364. The average molecular weight is 205 g/mol. The average Bonchev–Trinajstić information content (AvgIpc) is 2.62. The second-order valence-corrected chi connectivity index (χ2v) is 3.40. The monoisotopic (exact) mass is 205 g/mol. The van der Waals surface area contributed by atoms with Gasteiger partial charge in [0.15, 0.2) is 5.58 Å². The summed E-state index contributed by atoms with van der Waals surface area (Å²) in [6.45, 7) is 5.93. The van der Waals surface area contributed by atoms with E-state index in [1.807, 2.05) is 18.2 Å². The van der Waals surface area contributed by atoms with Crippen molar-refractivity contribution in [3.63, 3.8) is 0 Å². The number of anilines is 2. The summed E-state index contributed by atoms with van der Waals surface area (Å²) in [6, 6.07) is 6.16. The summed E-state index contributed by atoms with van der Waals surface area (Å²) < 4.78 is 5.63. The van der Waals surface area contributed by atoms with Crippen LogP contribution in [0.25, 0.3) is 11.1 Å². The van der Waals surface area contributed by atoms with Gasteiger partial charge in [-0.05, 0) is 32.0 Å². The minimum atomic E-state index is 0.667. The molecule has 0 saturated heterocycles. The number of hydrogen-bond acceptors (Lipinski definition) is 4. The molecule has 0 spiro atoms. The van der Waals surface area contributed by atoms with Gasteiger partial charge in [0.2, 0.25) is 0 Å². The second-order valence-electron chi connectivity index (χ2n) is 3.40. The van der Waals surface area contributed by atoms with Crippen LogP contribution in [0.15, 0.2) is 22.6 Å². The third-order valence-electron chi connectivity index (χ3n) is 2.43. The summed E-state index contributed by atoms with van der Waals surface area (Å²) in [5.41, 5.74) is 7.99. The third kappa shape index (κ3) is 1.75. The lowest BCUT2D eigenvalue weighted by Gasteiger charge is -2.14. The van der Waals surface area contributed by atoms with E-state index in [2.05, 4.69) is 23.7 Å². The molecular formula is C11H15N3O. The highest BCUT2D eigenvalue weighted by molar-refractivity contribution is 5.78. The molecule has 0 saturated carbocycles. The SMILES string of the molecule is CCN(CC)c1nc2cc(N)ccc2o1. The van der Waals surface area contributed by atoms with E-state index in [1.165, 1.54) is 0 Å². The molecule has 0 amide bonds. The van der Waals surface area contributed by atoms with Crippen molar-refractivity contribution in [2.75, 3.05) is 23.7 Å². The third-order valence-corrected chi connectivity index (χ3v) is 2.43. The first-order valence-electron chi connectivity index (χ1n) is 5.15. The number of rotatable bonds is 3. The van der Waals surface area contributed by atoms with Gasteiger partial charge in [-0.2, -0.15) is 4.98 Å². The van der Waals surface area contributed by atoms with Crippen LogP contribution in [0, 0.1) is 0 Å². The molecule has 4 nitrogen and oxygen atoms in total. The molecule has 2 rings (SSSR count). The largest absolute Gasteiger partial charge is 0.423 e. The summed E-state index contributed by atoms with van der Waals surface area (Å²) in [6.07, 6.45) is 0. The van der Waals surface area contributed by atoms with E-state index < -0.39 is 0 Å². The number of benzene rings is 1. The molecule has 2 aromatic rings. The highest BCUT2D eigenvalue weighted by Crippen LogP contribution is 2.23.